The average Bonchev–Trinajstić information content (AvgIpc) is 2.97. The SMILES string of the molecule is CCc1cnc(CNCc2cnc(CC)s2)s1. The van der Waals surface area contributed by atoms with E-state index in [2.05, 4.69) is 29.1 Å². The number of nitrogens with one attached hydrogen (secondary N) is 1. The zero-order valence-corrected chi connectivity index (χ0v) is 11.8. The number of aryl methyl sites for hydroxylation is 2. The summed E-state index contributed by atoms with van der Waals surface area (Å²) in [5, 5.41) is 5.79. The Morgan fingerprint density at radius 2 is 1.65 bits per heavy atom. The van der Waals surface area contributed by atoms with Crippen molar-refractivity contribution in [3.63, 3.8) is 0 Å². The lowest BCUT2D eigenvalue weighted by Crippen LogP contribution is -2.11. The van der Waals surface area contributed by atoms with E-state index in [9.17, 15) is 0 Å². The maximum absolute atomic E-state index is 4.38. The standard InChI is InChI=1S/C12H17N3S2/c1-3-9-6-15-12(16-9)8-13-5-10-7-14-11(4-2)17-10/h6-7,13H,3-5,8H2,1-2H3. The fourth-order valence-electron chi connectivity index (χ4n) is 1.48. The van der Waals surface area contributed by atoms with Gasteiger partial charge in [0.2, 0.25) is 0 Å². The van der Waals surface area contributed by atoms with Crippen molar-refractivity contribution in [1.82, 2.24) is 15.3 Å². The van der Waals surface area contributed by atoms with E-state index in [1.165, 1.54) is 19.8 Å². The zero-order chi connectivity index (χ0) is 12.1. The van der Waals surface area contributed by atoms with E-state index in [1.807, 2.05) is 12.4 Å². The molecule has 2 aromatic rings. The minimum absolute atomic E-state index is 0.851. The number of hydrogen-bond donors (Lipinski definition) is 1. The molecule has 0 radical (unpaired) electrons. The number of rotatable bonds is 6. The quantitative estimate of drug-likeness (QED) is 0.874. The highest BCUT2D eigenvalue weighted by atomic mass is 32.1. The van der Waals surface area contributed by atoms with Crippen LogP contribution in [0.4, 0.5) is 0 Å². The molecule has 5 heteroatoms. The van der Waals surface area contributed by atoms with Gasteiger partial charge in [0.1, 0.15) is 5.01 Å². The van der Waals surface area contributed by atoms with Gasteiger partial charge in [-0.15, -0.1) is 22.7 Å². The summed E-state index contributed by atoms with van der Waals surface area (Å²) in [6.45, 7) is 6.04. The summed E-state index contributed by atoms with van der Waals surface area (Å²) in [6.07, 6.45) is 6.04. The van der Waals surface area contributed by atoms with Gasteiger partial charge in [-0.05, 0) is 12.8 Å². The largest absolute Gasteiger partial charge is 0.305 e. The summed E-state index contributed by atoms with van der Waals surface area (Å²) >= 11 is 3.58. The molecule has 0 amide bonds. The van der Waals surface area contributed by atoms with Gasteiger partial charge >= 0.3 is 0 Å². The molecule has 2 heterocycles. The maximum Gasteiger partial charge on any atom is 0.107 e. The average molecular weight is 267 g/mol. The summed E-state index contributed by atoms with van der Waals surface area (Å²) in [7, 11) is 0. The lowest BCUT2D eigenvalue weighted by Gasteiger charge is -1.98. The minimum atomic E-state index is 0.851. The maximum atomic E-state index is 4.38. The fourth-order valence-corrected chi connectivity index (χ4v) is 3.14. The molecule has 1 N–H and O–H groups in total. The van der Waals surface area contributed by atoms with Gasteiger partial charge in [-0.1, -0.05) is 13.8 Å². The van der Waals surface area contributed by atoms with Crippen LogP contribution in [0.5, 0.6) is 0 Å². The highest BCUT2D eigenvalue weighted by Gasteiger charge is 2.02. The normalized spacial score (nSPS) is 10.9. The molecule has 0 bridgehead atoms. The third-order valence-electron chi connectivity index (χ3n) is 2.43. The second-order valence-electron chi connectivity index (χ2n) is 3.75. The Bertz CT molecular complexity index is 420. The first kappa shape index (κ1) is 12.7. The summed E-state index contributed by atoms with van der Waals surface area (Å²) in [5.41, 5.74) is 0. The Hall–Kier alpha value is -0.780. The van der Waals surface area contributed by atoms with Gasteiger partial charge in [0, 0.05) is 35.2 Å². The summed E-state index contributed by atoms with van der Waals surface area (Å²) in [5.74, 6) is 0. The van der Waals surface area contributed by atoms with E-state index in [0.717, 1.165) is 25.9 Å². The van der Waals surface area contributed by atoms with Gasteiger partial charge in [-0.2, -0.15) is 0 Å². The summed E-state index contributed by atoms with van der Waals surface area (Å²) < 4.78 is 0. The van der Waals surface area contributed by atoms with Crippen LogP contribution in [0.1, 0.15) is 33.6 Å². The molecule has 2 rings (SSSR count). The monoisotopic (exact) mass is 267 g/mol. The summed E-state index contributed by atoms with van der Waals surface area (Å²) in [6, 6.07) is 0. The first-order valence-electron chi connectivity index (χ1n) is 5.89. The van der Waals surface area contributed by atoms with E-state index in [0.29, 0.717) is 0 Å². The summed E-state index contributed by atoms with van der Waals surface area (Å²) in [4.78, 5) is 11.4. The van der Waals surface area contributed by atoms with Crippen molar-refractivity contribution in [2.24, 2.45) is 0 Å². The van der Waals surface area contributed by atoms with Gasteiger partial charge < -0.3 is 5.32 Å². The molecule has 0 aliphatic rings. The molecule has 0 spiro atoms. The van der Waals surface area contributed by atoms with Crippen LogP contribution in [0.15, 0.2) is 12.4 Å². The van der Waals surface area contributed by atoms with Gasteiger partial charge in [0.05, 0.1) is 5.01 Å². The van der Waals surface area contributed by atoms with Crippen molar-refractivity contribution in [3.8, 4) is 0 Å². The van der Waals surface area contributed by atoms with Gasteiger partial charge in [-0.3, -0.25) is 0 Å². The second-order valence-corrected chi connectivity index (χ2v) is 6.15. The molecule has 0 saturated heterocycles. The Balaban J connectivity index is 1.79. The predicted molar refractivity (Wildman–Crippen MR) is 73.5 cm³/mol. The number of hydrogen-bond acceptors (Lipinski definition) is 5. The van der Waals surface area contributed by atoms with Crippen molar-refractivity contribution in [1.29, 1.82) is 0 Å². The Labute approximate surface area is 110 Å². The lowest BCUT2D eigenvalue weighted by atomic mass is 10.4. The Morgan fingerprint density at radius 1 is 0.941 bits per heavy atom. The van der Waals surface area contributed by atoms with Crippen molar-refractivity contribution < 1.29 is 0 Å². The van der Waals surface area contributed by atoms with Gasteiger partial charge in [0.25, 0.3) is 0 Å². The third-order valence-corrected chi connectivity index (χ3v) is 4.71. The molecule has 0 saturated carbocycles. The molecule has 0 unspecified atom stereocenters. The van der Waals surface area contributed by atoms with Crippen LogP contribution in [0.3, 0.4) is 0 Å². The van der Waals surface area contributed by atoms with Gasteiger partial charge in [-0.25, -0.2) is 9.97 Å². The van der Waals surface area contributed by atoms with E-state index in [-0.39, 0.29) is 0 Å². The van der Waals surface area contributed by atoms with Crippen LogP contribution in [0.2, 0.25) is 0 Å². The molecule has 0 atom stereocenters. The Kier molecular flexibility index (Phi) is 4.65. The Morgan fingerprint density at radius 3 is 2.29 bits per heavy atom. The fraction of sp³-hybridized carbons (Fsp3) is 0.500. The third kappa shape index (κ3) is 3.59. The van der Waals surface area contributed by atoms with Crippen molar-refractivity contribution >= 4 is 22.7 Å². The lowest BCUT2D eigenvalue weighted by molar-refractivity contribution is 0.696. The number of thiazole rings is 2. The highest BCUT2D eigenvalue weighted by molar-refractivity contribution is 7.11. The molecule has 0 aromatic carbocycles. The van der Waals surface area contributed by atoms with Crippen LogP contribution in [-0.2, 0) is 25.9 Å². The zero-order valence-electron chi connectivity index (χ0n) is 10.2. The topological polar surface area (TPSA) is 37.8 Å². The van der Waals surface area contributed by atoms with Crippen molar-refractivity contribution in [2.75, 3.05) is 0 Å². The predicted octanol–water partition coefficient (Wildman–Crippen LogP) is 3.01. The van der Waals surface area contributed by atoms with Crippen molar-refractivity contribution in [3.05, 3.63) is 32.2 Å². The molecule has 0 aliphatic carbocycles. The highest BCUT2D eigenvalue weighted by Crippen LogP contribution is 2.15. The minimum Gasteiger partial charge on any atom is -0.305 e. The smallest absolute Gasteiger partial charge is 0.107 e. The molecule has 0 fully saturated rings. The van der Waals surface area contributed by atoms with Crippen LogP contribution in [0.25, 0.3) is 0 Å². The second kappa shape index (κ2) is 6.23. The number of aromatic nitrogens is 2. The van der Waals surface area contributed by atoms with Crippen LogP contribution in [-0.4, -0.2) is 9.97 Å². The molecular formula is C12H17N3S2. The molecule has 0 aliphatic heterocycles. The van der Waals surface area contributed by atoms with Crippen LogP contribution < -0.4 is 5.32 Å². The van der Waals surface area contributed by atoms with E-state index in [4.69, 9.17) is 0 Å². The van der Waals surface area contributed by atoms with Crippen LogP contribution >= 0.6 is 22.7 Å². The molecule has 92 valence electrons. The van der Waals surface area contributed by atoms with Crippen molar-refractivity contribution in [2.45, 2.75) is 39.8 Å². The van der Waals surface area contributed by atoms with E-state index in [1.54, 1.807) is 22.7 Å². The first-order valence-corrected chi connectivity index (χ1v) is 7.53. The van der Waals surface area contributed by atoms with Crippen LogP contribution in [0, 0.1) is 0 Å². The van der Waals surface area contributed by atoms with E-state index >= 15 is 0 Å². The molecule has 17 heavy (non-hydrogen) atoms. The first-order chi connectivity index (χ1) is 8.31. The van der Waals surface area contributed by atoms with E-state index < -0.39 is 0 Å². The molecule has 3 nitrogen and oxygen atoms in total. The van der Waals surface area contributed by atoms with Gasteiger partial charge in [0.15, 0.2) is 0 Å². The number of nitrogens with zero attached hydrogens (tertiary/aromatic N) is 2. The molecule has 2 aromatic heterocycles. The molecular weight excluding hydrogens is 250 g/mol.